The Bertz CT molecular complexity index is 560. The summed E-state index contributed by atoms with van der Waals surface area (Å²) in [5.74, 6) is 2.92. The summed E-state index contributed by atoms with van der Waals surface area (Å²) < 4.78 is 10.9. The van der Waals surface area contributed by atoms with E-state index in [2.05, 4.69) is 24.4 Å². The van der Waals surface area contributed by atoms with E-state index in [1.165, 1.54) is 11.1 Å². The van der Waals surface area contributed by atoms with Gasteiger partial charge in [-0.2, -0.15) is 0 Å². The fourth-order valence-corrected chi connectivity index (χ4v) is 2.52. The van der Waals surface area contributed by atoms with Gasteiger partial charge in [-0.1, -0.05) is 18.2 Å². The molecule has 0 spiro atoms. The third-order valence-electron chi connectivity index (χ3n) is 3.58. The topological polar surface area (TPSA) is 34.4 Å². The van der Waals surface area contributed by atoms with Crippen LogP contribution in [0.5, 0.6) is 5.75 Å². The quantitative estimate of drug-likeness (QED) is 0.869. The second kappa shape index (κ2) is 6.62. The lowest BCUT2D eigenvalue weighted by molar-refractivity contribution is 0.408. The van der Waals surface area contributed by atoms with Crippen molar-refractivity contribution in [3.63, 3.8) is 0 Å². The zero-order chi connectivity index (χ0) is 14.5. The van der Waals surface area contributed by atoms with Crippen molar-refractivity contribution in [1.82, 2.24) is 5.32 Å². The van der Waals surface area contributed by atoms with Crippen LogP contribution in [0.25, 0.3) is 0 Å². The molecule has 3 nitrogen and oxygen atoms in total. The minimum atomic E-state index is 0.294. The van der Waals surface area contributed by atoms with E-state index >= 15 is 0 Å². The van der Waals surface area contributed by atoms with Crippen LogP contribution in [0.3, 0.4) is 0 Å². The lowest BCUT2D eigenvalue weighted by Crippen LogP contribution is -2.21. The summed E-state index contributed by atoms with van der Waals surface area (Å²) in [5, 5.41) is 3.54. The molecule has 1 aromatic heterocycles. The van der Waals surface area contributed by atoms with Gasteiger partial charge in [0.15, 0.2) is 0 Å². The van der Waals surface area contributed by atoms with E-state index in [0.717, 1.165) is 30.2 Å². The second-order valence-electron chi connectivity index (χ2n) is 5.11. The molecule has 2 rings (SSSR count). The molecule has 0 saturated heterocycles. The predicted octanol–water partition coefficient (Wildman–Crippen LogP) is 3.80. The molecular formula is C17H23NO2. The van der Waals surface area contributed by atoms with Crippen molar-refractivity contribution < 1.29 is 9.15 Å². The molecule has 0 radical (unpaired) electrons. The van der Waals surface area contributed by atoms with Crippen LogP contribution in [0, 0.1) is 13.8 Å². The van der Waals surface area contributed by atoms with Gasteiger partial charge >= 0.3 is 0 Å². The first-order chi connectivity index (χ1) is 9.61. The zero-order valence-electron chi connectivity index (χ0n) is 12.7. The molecule has 1 N–H and O–H groups in total. The molecule has 20 heavy (non-hydrogen) atoms. The molecule has 1 heterocycles. The van der Waals surface area contributed by atoms with Gasteiger partial charge in [0.2, 0.25) is 0 Å². The number of methoxy groups -OCH3 is 1. The van der Waals surface area contributed by atoms with Crippen LogP contribution in [-0.4, -0.2) is 13.7 Å². The fourth-order valence-electron chi connectivity index (χ4n) is 2.52. The Morgan fingerprint density at radius 3 is 2.65 bits per heavy atom. The Balaban J connectivity index is 1.91. The number of hydrogen-bond acceptors (Lipinski definition) is 3. The molecule has 1 atom stereocenters. The summed E-state index contributed by atoms with van der Waals surface area (Å²) in [7, 11) is 1.71. The van der Waals surface area contributed by atoms with Gasteiger partial charge in [0.05, 0.1) is 7.11 Å². The van der Waals surface area contributed by atoms with E-state index in [1.807, 2.05) is 32.0 Å². The van der Waals surface area contributed by atoms with Gasteiger partial charge < -0.3 is 14.5 Å². The molecule has 0 aliphatic heterocycles. The Morgan fingerprint density at radius 1 is 1.25 bits per heavy atom. The molecule has 0 amide bonds. The number of aryl methyl sites for hydroxylation is 2. The lowest BCUT2D eigenvalue weighted by atomic mass is 10.1. The minimum Gasteiger partial charge on any atom is -0.496 e. The molecule has 3 heteroatoms. The van der Waals surface area contributed by atoms with Gasteiger partial charge in [0.1, 0.15) is 17.3 Å². The molecule has 2 aromatic rings. The van der Waals surface area contributed by atoms with Gasteiger partial charge in [-0.15, -0.1) is 0 Å². The highest BCUT2D eigenvalue weighted by molar-refractivity contribution is 5.33. The number of rotatable bonds is 6. The Kier molecular flexibility index (Phi) is 4.85. The van der Waals surface area contributed by atoms with Crippen molar-refractivity contribution in [1.29, 1.82) is 0 Å². The number of furan rings is 1. The van der Waals surface area contributed by atoms with Crippen molar-refractivity contribution >= 4 is 0 Å². The Hall–Kier alpha value is -1.74. The number of para-hydroxylation sites is 1. The average Bonchev–Trinajstić information content (AvgIpc) is 2.78. The molecular weight excluding hydrogens is 250 g/mol. The van der Waals surface area contributed by atoms with Gasteiger partial charge in [-0.3, -0.25) is 0 Å². The van der Waals surface area contributed by atoms with E-state index in [1.54, 1.807) is 7.11 Å². The average molecular weight is 273 g/mol. The van der Waals surface area contributed by atoms with Crippen LogP contribution in [0.1, 0.15) is 35.6 Å². The SMILES string of the molecule is COc1ccccc1CCNC(C)c1cc(C)oc1C. The highest BCUT2D eigenvalue weighted by Crippen LogP contribution is 2.22. The molecule has 0 aliphatic carbocycles. The summed E-state index contributed by atoms with van der Waals surface area (Å²) in [4.78, 5) is 0. The third-order valence-corrected chi connectivity index (χ3v) is 3.58. The van der Waals surface area contributed by atoms with E-state index in [0.29, 0.717) is 6.04 Å². The van der Waals surface area contributed by atoms with Gasteiger partial charge in [0.25, 0.3) is 0 Å². The second-order valence-corrected chi connectivity index (χ2v) is 5.11. The van der Waals surface area contributed by atoms with Crippen LogP contribution >= 0.6 is 0 Å². The summed E-state index contributed by atoms with van der Waals surface area (Å²) >= 11 is 0. The summed E-state index contributed by atoms with van der Waals surface area (Å²) in [6, 6.07) is 10.6. The molecule has 0 fully saturated rings. The first-order valence-corrected chi connectivity index (χ1v) is 7.04. The van der Waals surface area contributed by atoms with E-state index in [4.69, 9.17) is 9.15 Å². The normalized spacial score (nSPS) is 12.4. The van der Waals surface area contributed by atoms with Crippen molar-refractivity contribution in [2.75, 3.05) is 13.7 Å². The number of benzene rings is 1. The van der Waals surface area contributed by atoms with Crippen molar-refractivity contribution in [3.05, 3.63) is 53.0 Å². The van der Waals surface area contributed by atoms with Crippen LogP contribution < -0.4 is 10.1 Å². The Labute approximate surface area is 121 Å². The first kappa shape index (κ1) is 14.7. The number of ether oxygens (including phenoxy) is 1. The minimum absolute atomic E-state index is 0.294. The molecule has 108 valence electrons. The van der Waals surface area contributed by atoms with Crippen molar-refractivity contribution in [3.8, 4) is 5.75 Å². The first-order valence-electron chi connectivity index (χ1n) is 7.04. The van der Waals surface area contributed by atoms with Gasteiger partial charge in [0, 0.05) is 11.6 Å². The number of hydrogen-bond donors (Lipinski definition) is 1. The molecule has 1 unspecified atom stereocenters. The van der Waals surface area contributed by atoms with Crippen LogP contribution in [0.15, 0.2) is 34.7 Å². The largest absolute Gasteiger partial charge is 0.496 e. The maximum absolute atomic E-state index is 5.58. The molecule has 0 bridgehead atoms. The highest BCUT2D eigenvalue weighted by atomic mass is 16.5. The maximum atomic E-state index is 5.58. The summed E-state index contributed by atoms with van der Waals surface area (Å²) in [6.07, 6.45) is 0.949. The highest BCUT2D eigenvalue weighted by Gasteiger charge is 2.12. The molecule has 0 aliphatic rings. The van der Waals surface area contributed by atoms with Crippen molar-refractivity contribution in [2.24, 2.45) is 0 Å². The van der Waals surface area contributed by atoms with E-state index < -0.39 is 0 Å². The Morgan fingerprint density at radius 2 is 2.00 bits per heavy atom. The van der Waals surface area contributed by atoms with Crippen molar-refractivity contribution in [2.45, 2.75) is 33.2 Å². The monoisotopic (exact) mass is 273 g/mol. The van der Waals surface area contributed by atoms with Crippen LogP contribution in [0.4, 0.5) is 0 Å². The summed E-state index contributed by atoms with van der Waals surface area (Å²) in [5.41, 5.74) is 2.47. The fraction of sp³-hybridized carbons (Fsp3) is 0.412. The smallest absolute Gasteiger partial charge is 0.122 e. The summed E-state index contributed by atoms with van der Waals surface area (Å²) in [6.45, 7) is 7.07. The van der Waals surface area contributed by atoms with Gasteiger partial charge in [-0.05, 0) is 51.4 Å². The van der Waals surface area contributed by atoms with Gasteiger partial charge in [-0.25, -0.2) is 0 Å². The standard InChI is InChI=1S/C17H23NO2/c1-12-11-16(14(3)20-12)13(2)18-10-9-15-7-5-6-8-17(15)19-4/h5-8,11,13,18H,9-10H2,1-4H3. The molecule has 1 aromatic carbocycles. The molecule has 0 saturated carbocycles. The van der Waals surface area contributed by atoms with Crippen LogP contribution in [0.2, 0.25) is 0 Å². The third kappa shape index (κ3) is 3.42. The van der Waals surface area contributed by atoms with E-state index in [-0.39, 0.29) is 0 Å². The zero-order valence-corrected chi connectivity index (χ0v) is 12.7. The lowest BCUT2D eigenvalue weighted by Gasteiger charge is -2.14. The number of nitrogens with one attached hydrogen (secondary N) is 1. The maximum Gasteiger partial charge on any atom is 0.122 e. The predicted molar refractivity (Wildman–Crippen MR) is 81.3 cm³/mol. The van der Waals surface area contributed by atoms with Crippen LogP contribution in [-0.2, 0) is 6.42 Å². The van der Waals surface area contributed by atoms with E-state index in [9.17, 15) is 0 Å².